The van der Waals surface area contributed by atoms with E-state index in [1.807, 2.05) is 0 Å². The van der Waals surface area contributed by atoms with Crippen molar-refractivity contribution in [3.05, 3.63) is 23.5 Å². The van der Waals surface area contributed by atoms with Crippen LogP contribution < -0.4 is 0 Å². The van der Waals surface area contributed by atoms with Gasteiger partial charge in [-0.05, 0) is 25.5 Å². The van der Waals surface area contributed by atoms with Crippen molar-refractivity contribution in [2.24, 2.45) is 0 Å². The maximum Gasteiger partial charge on any atom is 0.146 e. The Morgan fingerprint density at radius 1 is 1.14 bits per heavy atom. The lowest BCUT2D eigenvalue weighted by Crippen LogP contribution is -1.89. The Morgan fingerprint density at radius 3 is 2.57 bits per heavy atom. The van der Waals surface area contributed by atoms with Crippen molar-refractivity contribution in [2.75, 3.05) is 0 Å². The van der Waals surface area contributed by atoms with Gasteiger partial charge >= 0.3 is 0 Å². The van der Waals surface area contributed by atoms with E-state index in [2.05, 4.69) is 9.97 Å². The van der Waals surface area contributed by atoms with Gasteiger partial charge in [-0.1, -0.05) is 0 Å². The topological polar surface area (TPSA) is 66.2 Å². The van der Waals surface area contributed by atoms with Crippen LogP contribution in [-0.4, -0.2) is 20.2 Å². The summed E-state index contributed by atoms with van der Waals surface area (Å²) in [6.45, 7) is 3.49. The lowest BCUT2D eigenvalue weighted by molar-refractivity contribution is 0.464. The van der Waals surface area contributed by atoms with Gasteiger partial charge in [-0.2, -0.15) is 0 Å². The first-order valence-electron chi connectivity index (χ1n) is 4.24. The van der Waals surface area contributed by atoms with Gasteiger partial charge in [0.1, 0.15) is 22.5 Å². The summed E-state index contributed by atoms with van der Waals surface area (Å²) in [5, 5.41) is 19.2. The second-order valence-corrected chi connectivity index (χ2v) is 3.27. The molecule has 2 aromatic rings. The smallest absolute Gasteiger partial charge is 0.146 e. The summed E-state index contributed by atoms with van der Waals surface area (Å²) in [7, 11) is 0. The summed E-state index contributed by atoms with van der Waals surface area (Å²) in [4.78, 5) is 8.13. The SMILES string of the molecule is Cc1cnc2c(O)cc(C)c(O)c2n1. The van der Waals surface area contributed by atoms with Crippen LogP contribution in [0, 0.1) is 13.8 Å². The van der Waals surface area contributed by atoms with E-state index < -0.39 is 0 Å². The van der Waals surface area contributed by atoms with E-state index >= 15 is 0 Å². The van der Waals surface area contributed by atoms with Crippen LogP contribution in [0.4, 0.5) is 0 Å². The summed E-state index contributed by atoms with van der Waals surface area (Å²) in [5.41, 5.74) is 1.98. The van der Waals surface area contributed by atoms with Crippen molar-refractivity contribution < 1.29 is 10.2 Å². The lowest BCUT2D eigenvalue weighted by Gasteiger charge is -2.05. The highest BCUT2D eigenvalue weighted by Gasteiger charge is 2.10. The largest absolute Gasteiger partial charge is 0.506 e. The fourth-order valence-corrected chi connectivity index (χ4v) is 1.36. The quantitative estimate of drug-likeness (QED) is 0.620. The molecule has 0 saturated heterocycles. The zero-order chi connectivity index (χ0) is 10.3. The van der Waals surface area contributed by atoms with Crippen molar-refractivity contribution in [2.45, 2.75) is 13.8 Å². The minimum absolute atomic E-state index is 0.0443. The first-order chi connectivity index (χ1) is 6.59. The predicted octanol–water partition coefficient (Wildman–Crippen LogP) is 1.66. The summed E-state index contributed by atoms with van der Waals surface area (Å²) >= 11 is 0. The van der Waals surface area contributed by atoms with E-state index in [0.29, 0.717) is 22.3 Å². The number of hydrogen-bond acceptors (Lipinski definition) is 4. The van der Waals surface area contributed by atoms with Crippen molar-refractivity contribution in [3.63, 3.8) is 0 Å². The number of phenolic OH excluding ortho intramolecular Hbond substituents is 2. The van der Waals surface area contributed by atoms with Gasteiger partial charge in [-0.15, -0.1) is 0 Å². The van der Waals surface area contributed by atoms with E-state index in [1.165, 1.54) is 6.07 Å². The number of aromatic nitrogens is 2. The molecule has 4 heteroatoms. The molecule has 0 fully saturated rings. The summed E-state index contributed by atoms with van der Waals surface area (Å²) < 4.78 is 0. The van der Waals surface area contributed by atoms with Crippen LogP contribution in [0.1, 0.15) is 11.3 Å². The molecule has 0 aliphatic rings. The van der Waals surface area contributed by atoms with Crippen LogP contribution in [0.2, 0.25) is 0 Å². The standard InChI is InChI=1S/C10H10N2O2/c1-5-3-7(13)8-9(10(5)14)12-6(2)4-11-8/h3-4,13-14H,1-2H3. The molecular weight excluding hydrogens is 180 g/mol. The Labute approximate surface area is 80.9 Å². The number of fused-ring (bicyclic) bond motifs is 1. The molecule has 2 rings (SSSR count). The molecule has 0 amide bonds. The predicted molar refractivity (Wildman–Crippen MR) is 52.3 cm³/mol. The minimum atomic E-state index is 0.0443. The minimum Gasteiger partial charge on any atom is -0.506 e. The van der Waals surface area contributed by atoms with Crippen molar-refractivity contribution in [1.29, 1.82) is 0 Å². The number of phenols is 2. The van der Waals surface area contributed by atoms with E-state index in [0.717, 1.165) is 0 Å². The van der Waals surface area contributed by atoms with Gasteiger partial charge in [-0.25, -0.2) is 9.97 Å². The second-order valence-electron chi connectivity index (χ2n) is 3.27. The molecule has 0 spiro atoms. The fourth-order valence-electron chi connectivity index (χ4n) is 1.36. The first-order valence-corrected chi connectivity index (χ1v) is 4.24. The molecular formula is C10H10N2O2. The normalized spacial score (nSPS) is 10.7. The molecule has 0 unspecified atom stereocenters. The van der Waals surface area contributed by atoms with Gasteiger partial charge in [0, 0.05) is 6.20 Å². The van der Waals surface area contributed by atoms with Crippen molar-refractivity contribution in [1.82, 2.24) is 9.97 Å². The maximum atomic E-state index is 9.69. The van der Waals surface area contributed by atoms with Gasteiger partial charge in [0.05, 0.1) is 5.69 Å². The van der Waals surface area contributed by atoms with E-state index in [4.69, 9.17) is 0 Å². The highest BCUT2D eigenvalue weighted by molar-refractivity contribution is 5.87. The Hall–Kier alpha value is -1.84. The zero-order valence-corrected chi connectivity index (χ0v) is 7.94. The number of nitrogens with zero attached hydrogens (tertiary/aromatic N) is 2. The molecule has 0 aliphatic carbocycles. The molecule has 14 heavy (non-hydrogen) atoms. The third kappa shape index (κ3) is 1.16. The molecule has 0 aliphatic heterocycles. The van der Waals surface area contributed by atoms with Gasteiger partial charge in [0.25, 0.3) is 0 Å². The molecule has 72 valence electrons. The van der Waals surface area contributed by atoms with Gasteiger partial charge < -0.3 is 10.2 Å². The van der Waals surface area contributed by atoms with Crippen LogP contribution in [0.25, 0.3) is 11.0 Å². The number of benzene rings is 1. The van der Waals surface area contributed by atoms with Crippen molar-refractivity contribution >= 4 is 11.0 Å². The van der Waals surface area contributed by atoms with E-state index in [1.54, 1.807) is 20.0 Å². The molecule has 0 radical (unpaired) electrons. The average Bonchev–Trinajstić information content (AvgIpc) is 2.14. The molecule has 1 aromatic heterocycles. The monoisotopic (exact) mass is 190 g/mol. The van der Waals surface area contributed by atoms with E-state index in [-0.39, 0.29) is 11.5 Å². The number of rotatable bonds is 0. The third-order valence-corrected chi connectivity index (χ3v) is 2.09. The number of aryl methyl sites for hydroxylation is 2. The lowest BCUT2D eigenvalue weighted by atomic mass is 10.1. The van der Waals surface area contributed by atoms with Crippen LogP contribution in [0.3, 0.4) is 0 Å². The molecule has 1 heterocycles. The van der Waals surface area contributed by atoms with Gasteiger partial charge in [-0.3, -0.25) is 0 Å². The Kier molecular flexibility index (Phi) is 1.77. The zero-order valence-electron chi connectivity index (χ0n) is 7.94. The third-order valence-electron chi connectivity index (χ3n) is 2.09. The highest BCUT2D eigenvalue weighted by atomic mass is 16.3. The summed E-state index contributed by atoms with van der Waals surface area (Å²) in [5.74, 6) is 0.122. The van der Waals surface area contributed by atoms with Crippen LogP contribution >= 0.6 is 0 Å². The molecule has 0 saturated carbocycles. The van der Waals surface area contributed by atoms with Crippen LogP contribution in [0.5, 0.6) is 11.5 Å². The molecule has 1 aromatic carbocycles. The van der Waals surface area contributed by atoms with E-state index in [9.17, 15) is 10.2 Å². The molecule has 2 N–H and O–H groups in total. The number of aromatic hydroxyl groups is 2. The molecule has 0 atom stereocenters. The van der Waals surface area contributed by atoms with Crippen molar-refractivity contribution in [3.8, 4) is 11.5 Å². The van der Waals surface area contributed by atoms with Crippen LogP contribution in [0.15, 0.2) is 12.3 Å². The summed E-state index contributed by atoms with van der Waals surface area (Å²) in [6.07, 6.45) is 1.55. The Bertz CT molecular complexity index is 509. The van der Waals surface area contributed by atoms with Crippen LogP contribution in [-0.2, 0) is 0 Å². The second kappa shape index (κ2) is 2.83. The Morgan fingerprint density at radius 2 is 1.86 bits per heavy atom. The average molecular weight is 190 g/mol. The van der Waals surface area contributed by atoms with Gasteiger partial charge in [0.2, 0.25) is 0 Å². The summed E-state index contributed by atoms with van der Waals surface area (Å²) in [6, 6.07) is 1.47. The maximum absolute atomic E-state index is 9.69. The molecule has 4 nitrogen and oxygen atoms in total. The highest BCUT2D eigenvalue weighted by Crippen LogP contribution is 2.31. The van der Waals surface area contributed by atoms with Gasteiger partial charge in [0.15, 0.2) is 0 Å². The molecule has 0 bridgehead atoms. The first kappa shape index (κ1) is 8.74. The number of hydrogen-bond donors (Lipinski definition) is 2. The fraction of sp³-hybridized carbons (Fsp3) is 0.200. The Balaban J connectivity index is 2.95.